The summed E-state index contributed by atoms with van der Waals surface area (Å²) in [6, 6.07) is 17.3. The normalized spacial score (nSPS) is 12.2. The number of aromatic nitrogens is 2. The highest BCUT2D eigenvalue weighted by Gasteiger charge is 2.22. The fourth-order valence-corrected chi connectivity index (χ4v) is 3.79. The Labute approximate surface area is 173 Å². The Morgan fingerprint density at radius 3 is 2.57 bits per heavy atom. The smallest absolute Gasteiger partial charge is 0.145 e. The Kier molecular flexibility index (Phi) is 5.21. The van der Waals surface area contributed by atoms with Gasteiger partial charge in [-0.25, -0.2) is 0 Å². The molecule has 28 heavy (non-hydrogen) atoms. The van der Waals surface area contributed by atoms with Crippen LogP contribution in [0.2, 0.25) is 10.0 Å². The molecule has 0 aliphatic heterocycles. The molecule has 3 nitrogen and oxygen atoms in total. The first-order chi connectivity index (χ1) is 13.5. The monoisotopic (exact) mass is 408 g/mol. The molecule has 1 atom stereocenters. The summed E-state index contributed by atoms with van der Waals surface area (Å²) in [5.41, 5.74) is 4.41. The molecule has 2 heterocycles. The van der Waals surface area contributed by atoms with Crippen LogP contribution in [-0.2, 0) is 6.42 Å². The third kappa shape index (κ3) is 3.68. The molecule has 0 aliphatic rings. The Balaban J connectivity index is 1.87. The van der Waals surface area contributed by atoms with E-state index < -0.39 is 0 Å². The van der Waals surface area contributed by atoms with Crippen molar-refractivity contribution in [3.8, 4) is 5.75 Å². The van der Waals surface area contributed by atoms with Crippen LogP contribution in [-0.4, -0.2) is 15.1 Å². The first kappa shape index (κ1) is 18.7. The number of phenols is 1. The fraction of sp³-hybridized carbons (Fsp3) is 0.130. The van der Waals surface area contributed by atoms with Gasteiger partial charge in [-0.05, 0) is 48.4 Å². The quantitative estimate of drug-likeness (QED) is 0.429. The van der Waals surface area contributed by atoms with Crippen LogP contribution in [0.25, 0.3) is 10.9 Å². The van der Waals surface area contributed by atoms with E-state index in [0.29, 0.717) is 22.0 Å². The highest BCUT2D eigenvalue weighted by Crippen LogP contribution is 2.39. The molecule has 0 saturated carbocycles. The van der Waals surface area contributed by atoms with Crippen LogP contribution < -0.4 is 0 Å². The summed E-state index contributed by atoms with van der Waals surface area (Å²) in [6.45, 7) is 2.04. The van der Waals surface area contributed by atoms with Gasteiger partial charge in [-0.2, -0.15) is 0 Å². The molecule has 0 spiro atoms. The van der Waals surface area contributed by atoms with Gasteiger partial charge in [-0.3, -0.25) is 9.97 Å². The fourth-order valence-electron chi connectivity index (χ4n) is 3.48. The molecule has 2 aromatic heterocycles. The zero-order valence-electron chi connectivity index (χ0n) is 15.2. The number of fused-ring (bicyclic) bond motifs is 1. The molecule has 0 amide bonds. The maximum Gasteiger partial charge on any atom is 0.145 e. The van der Waals surface area contributed by atoms with Gasteiger partial charge in [-0.15, -0.1) is 0 Å². The van der Waals surface area contributed by atoms with E-state index in [0.717, 1.165) is 27.8 Å². The van der Waals surface area contributed by atoms with Crippen molar-refractivity contribution in [1.29, 1.82) is 0 Å². The van der Waals surface area contributed by atoms with Gasteiger partial charge in [0.05, 0.1) is 10.0 Å². The van der Waals surface area contributed by atoms with E-state index in [-0.39, 0.29) is 11.7 Å². The molecule has 0 fully saturated rings. The summed E-state index contributed by atoms with van der Waals surface area (Å²) in [5, 5.41) is 12.9. The first-order valence-electron chi connectivity index (χ1n) is 8.96. The summed E-state index contributed by atoms with van der Waals surface area (Å²) in [6.07, 6.45) is 4.10. The van der Waals surface area contributed by atoms with Gasteiger partial charge in [0.15, 0.2) is 0 Å². The van der Waals surface area contributed by atoms with E-state index in [1.807, 2.05) is 49.4 Å². The van der Waals surface area contributed by atoms with E-state index in [1.54, 1.807) is 18.5 Å². The second-order valence-corrected chi connectivity index (χ2v) is 7.65. The molecule has 4 aromatic rings. The maximum atomic E-state index is 11.0. The number of halogens is 2. The second-order valence-electron chi connectivity index (χ2n) is 6.83. The SMILES string of the molecule is Cc1ccnc(CC(c2ccc(Cl)c(Cl)c2)c2ccc3cccnc3c2O)c1. The molecule has 5 heteroatoms. The molecule has 1 unspecified atom stereocenters. The first-order valence-corrected chi connectivity index (χ1v) is 9.71. The zero-order chi connectivity index (χ0) is 19.7. The number of aryl methyl sites for hydroxylation is 1. The van der Waals surface area contributed by atoms with Crippen LogP contribution in [0, 0.1) is 6.92 Å². The van der Waals surface area contributed by atoms with Gasteiger partial charge in [0.1, 0.15) is 11.3 Å². The van der Waals surface area contributed by atoms with Crippen molar-refractivity contribution in [1.82, 2.24) is 9.97 Å². The van der Waals surface area contributed by atoms with Crippen molar-refractivity contribution in [3.05, 3.63) is 99.4 Å². The number of hydrogen-bond acceptors (Lipinski definition) is 3. The lowest BCUT2D eigenvalue weighted by Gasteiger charge is -2.20. The molecule has 2 aromatic carbocycles. The molecule has 0 saturated heterocycles. The summed E-state index contributed by atoms with van der Waals surface area (Å²) < 4.78 is 0. The molecular weight excluding hydrogens is 391 g/mol. The average Bonchev–Trinajstić information content (AvgIpc) is 2.69. The third-order valence-corrected chi connectivity index (χ3v) is 5.62. The molecular formula is C23H18Cl2N2O. The van der Waals surface area contributed by atoms with Crippen molar-refractivity contribution < 1.29 is 5.11 Å². The van der Waals surface area contributed by atoms with E-state index >= 15 is 0 Å². The van der Waals surface area contributed by atoms with Gasteiger partial charge >= 0.3 is 0 Å². The van der Waals surface area contributed by atoms with E-state index in [2.05, 4.69) is 16.0 Å². The Bertz CT molecular complexity index is 1160. The Morgan fingerprint density at radius 2 is 1.79 bits per heavy atom. The second kappa shape index (κ2) is 7.78. The van der Waals surface area contributed by atoms with Gasteiger partial charge < -0.3 is 5.11 Å². The highest BCUT2D eigenvalue weighted by molar-refractivity contribution is 6.42. The standard InChI is InChI=1S/C23H18Cl2N2O/c1-14-8-10-26-17(11-14)13-19(16-5-7-20(24)21(25)12-16)18-6-4-15-3-2-9-27-22(15)23(18)28/h2-12,19,28H,13H2,1H3. The van der Waals surface area contributed by atoms with Crippen LogP contribution >= 0.6 is 23.2 Å². The summed E-state index contributed by atoms with van der Waals surface area (Å²) in [4.78, 5) is 8.86. The minimum atomic E-state index is -0.143. The van der Waals surface area contributed by atoms with Crippen LogP contribution in [0.5, 0.6) is 5.75 Å². The van der Waals surface area contributed by atoms with Crippen LogP contribution in [0.3, 0.4) is 0 Å². The van der Waals surface area contributed by atoms with Crippen molar-refractivity contribution in [2.24, 2.45) is 0 Å². The maximum absolute atomic E-state index is 11.0. The highest BCUT2D eigenvalue weighted by atomic mass is 35.5. The lowest BCUT2D eigenvalue weighted by molar-refractivity contribution is 0.469. The minimum Gasteiger partial charge on any atom is -0.505 e. The average molecular weight is 409 g/mol. The van der Waals surface area contributed by atoms with Crippen molar-refractivity contribution in [2.45, 2.75) is 19.3 Å². The number of aromatic hydroxyl groups is 1. The Morgan fingerprint density at radius 1 is 0.929 bits per heavy atom. The summed E-state index contributed by atoms with van der Waals surface area (Å²) in [7, 11) is 0. The number of hydrogen-bond donors (Lipinski definition) is 1. The van der Waals surface area contributed by atoms with Crippen molar-refractivity contribution >= 4 is 34.1 Å². The number of phenolic OH excluding ortho intramolecular Hbond substituents is 1. The number of nitrogens with zero attached hydrogens (tertiary/aromatic N) is 2. The number of pyridine rings is 2. The predicted molar refractivity (Wildman–Crippen MR) is 114 cm³/mol. The van der Waals surface area contributed by atoms with Gasteiger partial charge in [0, 0.05) is 41.4 Å². The van der Waals surface area contributed by atoms with E-state index in [1.165, 1.54) is 0 Å². The summed E-state index contributed by atoms with van der Waals surface area (Å²) in [5.74, 6) is 0.0392. The predicted octanol–water partition coefficient (Wildman–Crippen LogP) is 6.33. The van der Waals surface area contributed by atoms with Crippen molar-refractivity contribution in [3.63, 3.8) is 0 Å². The van der Waals surface area contributed by atoms with Crippen LogP contribution in [0.15, 0.2) is 67.0 Å². The zero-order valence-corrected chi connectivity index (χ0v) is 16.7. The third-order valence-electron chi connectivity index (χ3n) is 4.89. The molecule has 1 N–H and O–H groups in total. The Hall–Kier alpha value is -2.62. The van der Waals surface area contributed by atoms with Gasteiger partial charge in [-0.1, -0.05) is 47.5 Å². The van der Waals surface area contributed by atoms with E-state index in [4.69, 9.17) is 23.2 Å². The number of rotatable bonds is 4. The van der Waals surface area contributed by atoms with E-state index in [9.17, 15) is 5.11 Å². The van der Waals surface area contributed by atoms with Crippen LogP contribution in [0.4, 0.5) is 0 Å². The summed E-state index contributed by atoms with van der Waals surface area (Å²) >= 11 is 12.4. The molecule has 0 bridgehead atoms. The lowest BCUT2D eigenvalue weighted by Crippen LogP contribution is -2.07. The molecule has 4 rings (SSSR count). The van der Waals surface area contributed by atoms with Gasteiger partial charge in [0.2, 0.25) is 0 Å². The van der Waals surface area contributed by atoms with Gasteiger partial charge in [0.25, 0.3) is 0 Å². The number of benzene rings is 2. The molecule has 0 radical (unpaired) electrons. The largest absolute Gasteiger partial charge is 0.505 e. The molecule has 140 valence electrons. The lowest BCUT2D eigenvalue weighted by atomic mass is 9.86. The molecule has 0 aliphatic carbocycles. The minimum absolute atomic E-state index is 0.143. The van der Waals surface area contributed by atoms with Crippen LogP contribution in [0.1, 0.15) is 28.3 Å². The topological polar surface area (TPSA) is 46.0 Å². The van der Waals surface area contributed by atoms with Crippen molar-refractivity contribution in [2.75, 3.05) is 0 Å².